The van der Waals surface area contributed by atoms with Gasteiger partial charge in [-0.3, -0.25) is 14.3 Å². The Morgan fingerprint density at radius 1 is 1.17 bits per heavy atom. The first-order valence-corrected chi connectivity index (χ1v) is 12.0. The molecule has 1 amide bonds. The normalized spacial score (nSPS) is 10.9. The average Bonchev–Trinajstić information content (AvgIpc) is 3.33. The third-order valence-corrected chi connectivity index (χ3v) is 5.86. The maximum atomic E-state index is 12.4. The van der Waals surface area contributed by atoms with Gasteiger partial charge in [-0.2, -0.15) is 5.10 Å². The van der Waals surface area contributed by atoms with Gasteiger partial charge in [-0.05, 0) is 55.5 Å². The van der Waals surface area contributed by atoms with E-state index < -0.39 is 0 Å². The van der Waals surface area contributed by atoms with Crippen LogP contribution >= 0.6 is 11.8 Å². The van der Waals surface area contributed by atoms with Crippen LogP contribution in [0, 0.1) is 0 Å². The predicted molar refractivity (Wildman–Crippen MR) is 137 cm³/mol. The minimum Gasteiger partial charge on any atom is -0.504 e. The number of nitrogens with zero attached hydrogens (tertiary/aromatic N) is 5. The molecular weight excluding hydrogens is 480 g/mol. The SMILES string of the molecule is CCOc1ccc(-n2c(SCC(=O)N/N=C\c3cccc(OC)c3O)nnc2-c2cccnc2)cc1. The summed E-state index contributed by atoms with van der Waals surface area (Å²) in [5, 5.41) is 23.2. The van der Waals surface area contributed by atoms with Gasteiger partial charge in [0.1, 0.15) is 5.75 Å². The van der Waals surface area contributed by atoms with Crippen LogP contribution in [0.25, 0.3) is 17.1 Å². The number of aromatic hydroxyl groups is 1. The highest BCUT2D eigenvalue weighted by Gasteiger charge is 2.17. The summed E-state index contributed by atoms with van der Waals surface area (Å²) < 4.78 is 12.5. The zero-order valence-corrected chi connectivity index (χ0v) is 20.5. The third kappa shape index (κ3) is 5.81. The maximum absolute atomic E-state index is 12.4. The fourth-order valence-electron chi connectivity index (χ4n) is 3.28. The van der Waals surface area contributed by atoms with Crippen LogP contribution in [0.5, 0.6) is 17.2 Å². The first kappa shape index (κ1) is 24.7. The number of ether oxygens (including phenoxy) is 2. The molecule has 4 rings (SSSR count). The van der Waals surface area contributed by atoms with Gasteiger partial charge in [0.05, 0.1) is 25.7 Å². The van der Waals surface area contributed by atoms with Crippen LogP contribution in [0.4, 0.5) is 0 Å². The molecule has 0 saturated heterocycles. The lowest BCUT2D eigenvalue weighted by Gasteiger charge is -2.11. The van der Waals surface area contributed by atoms with Crippen LogP contribution in [0.2, 0.25) is 0 Å². The van der Waals surface area contributed by atoms with Gasteiger partial charge in [-0.1, -0.05) is 17.8 Å². The lowest BCUT2D eigenvalue weighted by Crippen LogP contribution is -2.20. The quantitative estimate of drug-likeness (QED) is 0.190. The second-order valence-corrected chi connectivity index (χ2v) is 8.23. The Labute approximate surface area is 212 Å². The smallest absolute Gasteiger partial charge is 0.250 e. The molecule has 0 saturated carbocycles. The van der Waals surface area contributed by atoms with Crippen molar-refractivity contribution in [1.29, 1.82) is 0 Å². The number of benzene rings is 2. The molecule has 0 radical (unpaired) electrons. The molecule has 2 aromatic heterocycles. The van der Waals surface area contributed by atoms with E-state index in [1.807, 2.05) is 47.9 Å². The lowest BCUT2D eigenvalue weighted by molar-refractivity contribution is -0.118. The predicted octanol–water partition coefficient (Wildman–Crippen LogP) is 3.68. The number of phenols is 1. The Morgan fingerprint density at radius 2 is 2.00 bits per heavy atom. The Kier molecular flexibility index (Phi) is 8.14. The van der Waals surface area contributed by atoms with Crippen molar-refractivity contribution >= 4 is 23.9 Å². The number of rotatable bonds is 10. The minimum atomic E-state index is -0.345. The summed E-state index contributed by atoms with van der Waals surface area (Å²) in [5.41, 5.74) is 4.48. The fraction of sp³-hybridized carbons (Fsp3) is 0.160. The molecule has 0 aliphatic rings. The molecule has 10 nitrogen and oxygen atoms in total. The second kappa shape index (κ2) is 11.8. The van der Waals surface area contributed by atoms with Gasteiger partial charge in [0, 0.05) is 29.2 Å². The molecule has 184 valence electrons. The van der Waals surface area contributed by atoms with Crippen molar-refractivity contribution in [3.8, 4) is 34.3 Å². The monoisotopic (exact) mass is 504 g/mol. The number of amides is 1. The van der Waals surface area contributed by atoms with E-state index in [1.165, 1.54) is 25.1 Å². The Hall–Kier alpha value is -4.38. The van der Waals surface area contributed by atoms with Crippen molar-refractivity contribution in [3.05, 3.63) is 72.6 Å². The van der Waals surface area contributed by atoms with E-state index >= 15 is 0 Å². The largest absolute Gasteiger partial charge is 0.504 e. The van der Waals surface area contributed by atoms with Crippen LogP contribution in [0.1, 0.15) is 12.5 Å². The second-order valence-electron chi connectivity index (χ2n) is 7.29. The van der Waals surface area contributed by atoms with Crippen molar-refractivity contribution in [2.75, 3.05) is 19.5 Å². The van der Waals surface area contributed by atoms with E-state index in [4.69, 9.17) is 9.47 Å². The van der Waals surface area contributed by atoms with Crippen LogP contribution in [0.15, 0.2) is 77.2 Å². The molecule has 2 heterocycles. The van der Waals surface area contributed by atoms with Gasteiger partial charge in [-0.25, -0.2) is 5.43 Å². The van der Waals surface area contributed by atoms with Gasteiger partial charge in [-0.15, -0.1) is 10.2 Å². The summed E-state index contributed by atoms with van der Waals surface area (Å²) in [6, 6.07) is 16.3. The van der Waals surface area contributed by atoms with E-state index in [-0.39, 0.29) is 17.4 Å². The van der Waals surface area contributed by atoms with Gasteiger partial charge in [0.25, 0.3) is 5.91 Å². The number of hydrogen-bond donors (Lipinski definition) is 2. The highest BCUT2D eigenvalue weighted by molar-refractivity contribution is 7.99. The number of carbonyl (C=O) groups is 1. The molecule has 4 aromatic rings. The summed E-state index contributed by atoms with van der Waals surface area (Å²) in [7, 11) is 1.46. The number of para-hydroxylation sites is 1. The van der Waals surface area contributed by atoms with E-state index in [9.17, 15) is 9.90 Å². The number of hydrogen-bond acceptors (Lipinski definition) is 9. The summed E-state index contributed by atoms with van der Waals surface area (Å²) in [6.45, 7) is 2.50. The number of methoxy groups -OCH3 is 1. The molecule has 0 unspecified atom stereocenters. The number of phenolic OH excluding ortho intramolecular Hbond substituents is 1. The Bertz CT molecular complexity index is 1340. The molecule has 11 heteroatoms. The van der Waals surface area contributed by atoms with Crippen LogP contribution in [-0.2, 0) is 4.79 Å². The molecule has 0 bridgehead atoms. The molecule has 0 spiro atoms. The lowest BCUT2D eigenvalue weighted by atomic mass is 10.2. The first-order chi connectivity index (χ1) is 17.6. The van der Waals surface area contributed by atoms with Gasteiger partial charge >= 0.3 is 0 Å². The summed E-state index contributed by atoms with van der Waals surface area (Å²) in [5.74, 6) is 1.32. The number of hydrazone groups is 1. The number of thioether (sulfide) groups is 1. The Balaban J connectivity index is 1.50. The highest BCUT2D eigenvalue weighted by Crippen LogP contribution is 2.29. The number of carbonyl (C=O) groups excluding carboxylic acids is 1. The summed E-state index contributed by atoms with van der Waals surface area (Å²) >= 11 is 1.22. The fourth-order valence-corrected chi connectivity index (χ4v) is 4.02. The van der Waals surface area contributed by atoms with Gasteiger partial charge in [0.2, 0.25) is 0 Å². The van der Waals surface area contributed by atoms with E-state index in [1.54, 1.807) is 30.6 Å². The standard InChI is InChI=1S/C25H24N6O4S/c1-3-35-20-11-9-19(10-12-20)31-24(18-7-5-13-26-14-18)29-30-25(31)36-16-22(32)28-27-15-17-6-4-8-21(34-2)23(17)33/h4-15,33H,3,16H2,1-2H3,(H,28,32)/b27-15-. The van der Waals surface area contributed by atoms with Crippen LogP contribution < -0.4 is 14.9 Å². The zero-order chi connectivity index (χ0) is 25.3. The van der Waals surface area contributed by atoms with Gasteiger partial charge in [0.15, 0.2) is 22.5 Å². The molecule has 2 aromatic carbocycles. The molecule has 36 heavy (non-hydrogen) atoms. The van der Waals surface area contributed by atoms with Gasteiger partial charge < -0.3 is 14.6 Å². The number of nitrogens with one attached hydrogen (secondary N) is 1. The molecular formula is C25H24N6O4S. The van der Waals surface area contributed by atoms with Crippen LogP contribution in [-0.4, -0.2) is 56.4 Å². The van der Waals surface area contributed by atoms with Crippen LogP contribution in [0.3, 0.4) is 0 Å². The molecule has 0 atom stereocenters. The van der Waals surface area contributed by atoms with Crippen molar-refractivity contribution in [2.45, 2.75) is 12.1 Å². The third-order valence-electron chi connectivity index (χ3n) is 4.93. The summed E-state index contributed by atoms with van der Waals surface area (Å²) in [4.78, 5) is 16.6. The highest BCUT2D eigenvalue weighted by atomic mass is 32.2. The first-order valence-electron chi connectivity index (χ1n) is 11.0. The molecule has 0 aliphatic heterocycles. The molecule has 2 N–H and O–H groups in total. The van der Waals surface area contributed by atoms with E-state index in [0.717, 1.165) is 17.0 Å². The van der Waals surface area contributed by atoms with E-state index in [0.29, 0.717) is 28.9 Å². The van der Waals surface area contributed by atoms with E-state index in [2.05, 4.69) is 25.7 Å². The minimum absolute atomic E-state index is 0.0453. The summed E-state index contributed by atoms with van der Waals surface area (Å²) in [6.07, 6.45) is 4.75. The van der Waals surface area contributed by atoms with Crippen molar-refractivity contribution in [2.24, 2.45) is 5.10 Å². The number of aromatic nitrogens is 4. The zero-order valence-electron chi connectivity index (χ0n) is 19.7. The topological polar surface area (TPSA) is 124 Å². The maximum Gasteiger partial charge on any atom is 0.250 e. The average molecular weight is 505 g/mol. The van der Waals surface area contributed by atoms with Crippen molar-refractivity contribution in [3.63, 3.8) is 0 Å². The van der Waals surface area contributed by atoms with Crippen molar-refractivity contribution in [1.82, 2.24) is 25.2 Å². The Morgan fingerprint density at radius 3 is 2.72 bits per heavy atom. The molecule has 0 fully saturated rings. The molecule has 0 aliphatic carbocycles. The van der Waals surface area contributed by atoms with Crippen molar-refractivity contribution < 1.29 is 19.4 Å². The number of pyridine rings is 1.